The lowest BCUT2D eigenvalue weighted by molar-refractivity contribution is 0.731. The summed E-state index contributed by atoms with van der Waals surface area (Å²) in [5, 5.41) is 0.981. The average molecular weight is 220 g/mol. The molecule has 0 saturated heterocycles. The maximum Gasteiger partial charge on any atom is 0.204 e. The van der Waals surface area contributed by atoms with E-state index in [1.807, 2.05) is 0 Å². The van der Waals surface area contributed by atoms with Crippen LogP contribution in [-0.2, 0) is 0 Å². The van der Waals surface area contributed by atoms with Crippen LogP contribution in [0.4, 0.5) is 5.13 Å². The standard InChI is InChI=1S/C8H14ClN3S/c1-2-3-5-12(6-4-9)8-10-7-11-13-8/h7H,2-6H2,1H3. The zero-order valence-corrected chi connectivity index (χ0v) is 9.31. The van der Waals surface area contributed by atoms with Crippen molar-refractivity contribution in [2.45, 2.75) is 19.8 Å². The summed E-state index contributed by atoms with van der Waals surface area (Å²) in [4.78, 5) is 6.35. The van der Waals surface area contributed by atoms with Gasteiger partial charge in [-0.25, -0.2) is 4.98 Å². The molecule has 0 atom stereocenters. The van der Waals surface area contributed by atoms with Crippen LogP contribution < -0.4 is 4.90 Å². The first kappa shape index (κ1) is 10.7. The number of aromatic nitrogens is 2. The average Bonchev–Trinajstić information content (AvgIpc) is 2.65. The van der Waals surface area contributed by atoms with Gasteiger partial charge < -0.3 is 4.90 Å². The van der Waals surface area contributed by atoms with Crippen LogP contribution in [0.5, 0.6) is 0 Å². The van der Waals surface area contributed by atoms with Crippen molar-refractivity contribution in [3.8, 4) is 0 Å². The molecular weight excluding hydrogens is 206 g/mol. The van der Waals surface area contributed by atoms with E-state index >= 15 is 0 Å². The van der Waals surface area contributed by atoms with Crippen molar-refractivity contribution in [2.24, 2.45) is 0 Å². The van der Waals surface area contributed by atoms with Crippen LogP contribution >= 0.6 is 23.1 Å². The smallest absolute Gasteiger partial charge is 0.204 e. The van der Waals surface area contributed by atoms with E-state index in [-0.39, 0.29) is 0 Å². The van der Waals surface area contributed by atoms with Gasteiger partial charge in [0.05, 0.1) is 0 Å². The summed E-state index contributed by atoms with van der Waals surface area (Å²) in [5.41, 5.74) is 0. The first-order valence-electron chi connectivity index (χ1n) is 4.46. The van der Waals surface area contributed by atoms with Gasteiger partial charge >= 0.3 is 0 Å². The number of alkyl halides is 1. The minimum Gasteiger partial charge on any atom is -0.346 e. The van der Waals surface area contributed by atoms with E-state index in [1.54, 1.807) is 6.33 Å². The molecule has 13 heavy (non-hydrogen) atoms. The first-order chi connectivity index (χ1) is 6.38. The molecule has 0 aliphatic carbocycles. The van der Waals surface area contributed by atoms with Gasteiger partial charge in [-0.05, 0) is 6.42 Å². The first-order valence-corrected chi connectivity index (χ1v) is 5.77. The van der Waals surface area contributed by atoms with Gasteiger partial charge in [0.25, 0.3) is 0 Å². The van der Waals surface area contributed by atoms with Gasteiger partial charge in [-0.15, -0.1) is 11.6 Å². The highest BCUT2D eigenvalue weighted by Crippen LogP contribution is 2.15. The van der Waals surface area contributed by atoms with Gasteiger partial charge in [-0.1, -0.05) is 13.3 Å². The minimum absolute atomic E-state index is 0.642. The Kier molecular flexibility index (Phi) is 5.08. The summed E-state index contributed by atoms with van der Waals surface area (Å²) in [6.45, 7) is 4.06. The zero-order chi connectivity index (χ0) is 9.52. The molecule has 0 unspecified atom stereocenters. The molecule has 0 aliphatic heterocycles. The van der Waals surface area contributed by atoms with E-state index in [4.69, 9.17) is 11.6 Å². The van der Waals surface area contributed by atoms with Crippen LogP contribution in [0.25, 0.3) is 0 Å². The second kappa shape index (κ2) is 6.16. The summed E-state index contributed by atoms with van der Waals surface area (Å²) >= 11 is 7.13. The second-order valence-electron chi connectivity index (χ2n) is 2.75. The van der Waals surface area contributed by atoms with Crippen LogP contribution in [0, 0.1) is 0 Å². The predicted octanol–water partition coefficient (Wildman–Crippen LogP) is 2.38. The molecule has 5 heteroatoms. The van der Waals surface area contributed by atoms with E-state index in [9.17, 15) is 0 Å². The molecule has 0 radical (unpaired) electrons. The van der Waals surface area contributed by atoms with Gasteiger partial charge in [0.2, 0.25) is 5.13 Å². The molecule has 1 aromatic rings. The molecule has 1 rings (SSSR count). The Labute approximate surface area is 87.9 Å². The summed E-state index contributed by atoms with van der Waals surface area (Å²) in [6, 6.07) is 0. The maximum absolute atomic E-state index is 5.71. The van der Waals surface area contributed by atoms with Gasteiger partial charge in [0, 0.05) is 30.5 Å². The molecular formula is C8H14ClN3S. The number of rotatable bonds is 6. The fourth-order valence-corrected chi connectivity index (χ4v) is 1.85. The Morgan fingerprint density at radius 1 is 1.54 bits per heavy atom. The maximum atomic E-state index is 5.71. The Morgan fingerprint density at radius 3 is 2.92 bits per heavy atom. The summed E-state index contributed by atoms with van der Waals surface area (Å²) in [5.74, 6) is 0.642. The number of unbranched alkanes of at least 4 members (excludes halogenated alkanes) is 1. The Morgan fingerprint density at radius 2 is 2.38 bits per heavy atom. The molecule has 1 heterocycles. The minimum atomic E-state index is 0.642. The van der Waals surface area contributed by atoms with Crippen LogP contribution in [0.1, 0.15) is 19.8 Å². The van der Waals surface area contributed by atoms with Crippen molar-refractivity contribution >= 4 is 28.3 Å². The molecule has 0 spiro atoms. The summed E-state index contributed by atoms with van der Waals surface area (Å²) < 4.78 is 3.98. The van der Waals surface area contributed by atoms with Gasteiger partial charge in [0.15, 0.2) is 0 Å². The normalized spacial score (nSPS) is 10.3. The predicted molar refractivity (Wildman–Crippen MR) is 57.8 cm³/mol. The van der Waals surface area contributed by atoms with E-state index in [0.717, 1.165) is 18.2 Å². The number of anilines is 1. The highest BCUT2D eigenvalue weighted by molar-refractivity contribution is 7.09. The molecule has 0 aliphatic rings. The highest BCUT2D eigenvalue weighted by Gasteiger charge is 2.07. The Balaban J connectivity index is 2.47. The van der Waals surface area contributed by atoms with Crippen molar-refractivity contribution in [3.63, 3.8) is 0 Å². The quantitative estimate of drug-likeness (QED) is 0.688. The van der Waals surface area contributed by atoms with Crippen molar-refractivity contribution in [2.75, 3.05) is 23.9 Å². The van der Waals surface area contributed by atoms with Crippen LogP contribution in [0.3, 0.4) is 0 Å². The fourth-order valence-electron chi connectivity index (χ4n) is 1.06. The number of halogens is 1. The molecule has 0 N–H and O–H groups in total. The van der Waals surface area contributed by atoms with Crippen LogP contribution in [-0.4, -0.2) is 28.3 Å². The van der Waals surface area contributed by atoms with E-state index in [2.05, 4.69) is 21.2 Å². The fraction of sp³-hybridized carbons (Fsp3) is 0.750. The lowest BCUT2D eigenvalue weighted by Gasteiger charge is -2.19. The molecule has 1 aromatic heterocycles. The largest absolute Gasteiger partial charge is 0.346 e. The Bertz CT molecular complexity index is 215. The van der Waals surface area contributed by atoms with E-state index in [1.165, 1.54) is 24.4 Å². The molecule has 0 saturated carbocycles. The second-order valence-corrected chi connectivity index (χ2v) is 3.89. The molecule has 0 fully saturated rings. The molecule has 0 bridgehead atoms. The third kappa shape index (κ3) is 3.48. The van der Waals surface area contributed by atoms with Gasteiger partial charge in [0.1, 0.15) is 6.33 Å². The molecule has 0 aromatic carbocycles. The SMILES string of the molecule is CCCCN(CCCl)c1ncns1. The van der Waals surface area contributed by atoms with Crippen molar-refractivity contribution in [1.29, 1.82) is 0 Å². The summed E-state index contributed by atoms with van der Waals surface area (Å²) in [6.07, 6.45) is 3.96. The van der Waals surface area contributed by atoms with Crippen LogP contribution in [0.15, 0.2) is 6.33 Å². The molecule has 3 nitrogen and oxygen atoms in total. The van der Waals surface area contributed by atoms with Crippen molar-refractivity contribution in [3.05, 3.63) is 6.33 Å². The third-order valence-corrected chi connectivity index (χ3v) is 2.65. The summed E-state index contributed by atoms with van der Waals surface area (Å²) in [7, 11) is 0. The number of hydrogen-bond donors (Lipinski definition) is 0. The third-order valence-electron chi connectivity index (χ3n) is 1.76. The topological polar surface area (TPSA) is 29.0 Å². The number of hydrogen-bond acceptors (Lipinski definition) is 4. The lowest BCUT2D eigenvalue weighted by Crippen LogP contribution is -2.26. The zero-order valence-electron chi connectivity index (χ0n) is 7.74. The number of nitrogens with zero attached hydrogens (tertiary/aromatic N) is 3. The monoisotopic (exact) mass is 219 g/mol. The molecule has 74 valence electrons. The van der Waals surface area contributed by atoms with Crippen molar-refractivity contribution in [1.82, 2.24) is 9.36 Å². The highest BCUT2D eigenvalue weighted by atomic mass is 35.5. The van der Waals surface area contributed by atoms with E-state index in [0.29, 0.717) is 5.88 Å². The van der Waals surface area contributed by atoms with E-state index < -0.39 is 0 Å². The Hall–Kier alpha value is -0.350. The van der Waals surface area contributed by atoms with Crippen molar-refractivity contribution < 1.29 is 0 Å². The van der Waals surface area contributed by atoms with Gasteiger partial charge in [-0.3, -0.25) is 0 Å². The van der Waals surface area contributed by atoms with Gasteiger partial charge in [-0.2, -0.15) is 4.37 Å². The molecule has 0 amide bonds. The lowest BCUT2D eigenvalue weighted by atomic mass is 10.3. The van der Waals surface area contributed by atoms with Crippen LogP contribution in [0.2, 0.25) is 0 Å².